The number of nitrogens with two attached hydrogens (primary N) is 1. The number of carbonyl (C=O) groups is 1. The molecule has 294 valence electrons. The second-order valence-electron chi connectivity index (χ2n) is 13.1. The van der Waals surface area contributed by atoms with Crippen molar-refractivity contribution in [2.45, 2.75) is 12.4 Å². The Bertz CT molecular complexity index is 2860. The number of benzene rings is 6. The lowest BCUT2D eigenvalue weighted by Crippen LogP contribution is -2.11. The van der Waals surface area contributed by atoms with Crippen molar-refractivity contribution in [2.75, 3.05) is 0 Å². The van der Waals surface area contributed by atoms with Crippen LogP contribution in [0.2, 0.25) is 0 Å². The van der Waals surface area contributed by atoms with Crippen molar-refractivity contribution in [3.8, 4) is 33.8 Å². The maximum atomic E-state index is 13.6. The minimum atomic E-state index is -4.58. The van der Waals surface area contributed by atoms with Gasteiger partial charge in [0, 0.05) is 51.0 Å². The van der Waals surface area contributed by atoms with Crippen LogP contribution in [-0.4, -0.2) is 31.7 Å². The molecule has 0 aliphatic carbocycles. The van der Waals surface area contributed by atoms with E-state index < -0.39 is 29.3 Å². The Morgan fingerprint density at radius 3 is 1.34 bits per heavy atom. The Kier molecular flexibility index (Phi) is 10.9. The fraction of sp³-hybridized carbons (Fsp3) is 0.0435. The molecule has 8 aromatic rings. The molecule has 13 heteroatoms. The van der Waals surface area contributed by atoms with Crippen LogP contribution in [0.1, 0.15) is 38.2 Å². The molecule has 0 fully saturated rings. The number of para-hydroxylation sites is 4. The number of aromatic nitrogens is 2. The van der Waals surface area contributed by atoms with E-state index in [4.69, 9.17) is 5.84 Å². The zero-order chi connectivity index (χ0) is 41.9. The van der Waals surface area contributed by atoms with Gasteiger partial charge in [-0.1, -0.05) is 109 Å². The fourth-order valence-electron chi connectivity index (χ4n) is 6.86. The number of aromatic hydroxyl groups is 2. The highest BCUT2D eigenvalue weighted by Crippen LogP contribution is 2.41. The number of carbonyl (C=O) groups excluding carboxylic acids is 1. The first-order valence-electron chi connectivity index (χ1n) is 17.8. The molecule has 0 atom stereocenters. The molecule has 0 radical (unpaired) electrons. The van der Waals surface area contributed by atoms with Gasteiger partial charge in [0.05, 0.1) is 27.7 Å². The molecule has 4 N–H and O–H groups in total. The summed E-state index contributed by atoms with van der Waals surface area (Å²) in [4.78, 5) is 21.3. The second-order valence-corrected chi connectivity index (χ2v) is 13.1. The molecule has 0 spiro atoms. The van der Waals surface area contributed by atoms with Gasteiger partial charge < -0.3 is 16.1 Å². The first-order valence-corrected chi connectivity index (χ1v) is 17.8. The summed E-state index contributed by atoms with van der Waals surface area (Å²) in [7, 11) is 0. The average molecular weight is 801 g/mol. The Morgan fingerprint density at radius 2 is 0.898 bits per heavy atom. The third-order valence-corrected chi connectivity index (χ3v) is 9.47. The molecule has 0 saturated carbocycles. The Labute approximate surface area is 332 Å². The Morgan fingerprint density at radius 1 is 0.492 bits per heavy atom. The van der Waals surface area contributed by atoms with Gasteiger partial charge in [-0.05, 0) is 47.5 Å². The Hall–Kier alpha value is -7.54. The van der Waals surface area contributed by atoms with Gasteiger partial charge in [-0.2, -0.15) is 31.4 Å². The van der Waals surface area contributed by atoms with Gasteiger partial charge in [0.15, 0.2) is 5.78 Å². The number of nitrogens with zero attached hydrogens (tertiary/aromatic N) is 3. The molecule has 2 aromatic heterocycles. The van der Waals surface area contributed by atoms with E-state index in [1.165, 1.54) is 42.6 Å². The van der Waals surface area contributed by atoms with Crippen molar-refractivity contribution in [1.82, 2.24) is 9.97 Å². The summed E-state index contributed by atoms with van der Waals surface area (Å²) >= 11 is 0. The van der Waals surface area contributed by atoms with E-state index in [1.54, 1.807) is 91.0 Å². The molecule has 6 aromatic carbocycles. The molecule has 0 aliphatic heterocycles. The van der Waals surface area contributed by atoms with Gasteiger partial charge in [0.25, 0.3) is 0 Å². The third-order valence-electron chi connectivity index (χ3n) is 9.47. The van der Waals surface area contributed by atoms with Gasteiger partial charge >= 0.3 is 12.4 Å². The maximum absolute atomic E-state index is 13.6. The summed E-state index contributed by atoms with van der Waals surface area (Å²) in [5.74, 6) is 4.89. The van der Waals surface area contributed by atoms with E-state index in [9.17, 15) is 41.4 Å². The van der Waals surface area contributed by atoms with Gasteiger partial charge in [-0.3, -0.25) is 14.8 Å². The normalized spacial score (nSPS) is 11.9. The highest BCUT2D eigenvalue weighted by Gasteiger charge is 2.35. The van der Waals surface area contributed by atoms with Crippen LogP contribution >= 0.6 is 0 Å². The number of phenols is 2. The van der Waals surface area contributed by atoms with Crippen molar-refractivity contribution in [3.63, 3.8) is 0 Å². The number of fused-ring (bicyclic) bond motifs is 2. The van der Waals surface area contributed by atoms with Crippen LogP contribution in [0.15, 0.2) is 163 Å². The lowest BCUT2D eigenvalue weighted by atomic mass is 9.90. The van der Waals surface area contributed by atoms with Gasteiger partial charge in [0.1, 0.15) is 17.2 Å². The van der Waals surface area contributed by atoms with E-state index in [0.717, 1.165) is 18.3 Å². The molecule has 0 amide bonds. The highest BCUT2D eigenvalue weighted by atomic mass is 19.4. The molecule has 0 unspecified atom stereocenters. The van der Waals surface area contributed by atoms with Crippen molar-refractivity contribution in [2.24, 2.45) is 10.9 Å². The van der Waals surface area contributed by atoms with Gasteiger partial charge in [-0.15, -0.1) is 0 Å². The van der Waals surface area contributed by atoms with Crippen molar-refractivity contribution in [3.05, 3.63) is 191 Å². The van der Waals surface area contributed by atoms with Crippen LogP contribution in [-0.2, 0) is 12.4 Å². The van der Waals surface area contributed by atoms with Crippen LogP contribution in [0, 0.1) is 0 Å². The number of ketones is 1. The van der Waals surface area contributed by atoms with E-state index in [1.807, 2.05) is 6.07 Å². The number of rotatable bonds is 6. The fourth-order valence-corrected chi connectivity index (χ4v) is 6.86. The predicted octanol–water partition coefficient (Wildman–Crippen LogP) is 11.2. The topological polar surface area (TPSA) is 122 Å². The third kappa shape index (κ3) is 7.90. The molecular weight excluding hydrogens is 771 g/mol. The number of phenolic OH excluding ortho intramolecular Hbond substituents is 2. The van der Waals surface area contributed by atoms with Crippen LogP contribution in [0.3, 0.4) is 0 Å². The SMILES string of the molecule is NN=C(c1ccccc1O)c1cnc2c(C(F)(F)F)cccc2c1-c1ccccc1.O=C(c1ccccc1O)c1cnc2c(C(F)(F)F)cccc2c1-c1ccccc1. The summed E-state index contributed by atoms with van der Waals surface area (Å²) in [5, 5.41) is 24.7. The maximum Gasteiger partial charge on any atom is 0.418 e. The van der Waals surface area contributed by atoms with Crippen LogP contribution in [0.4, 0.5) is 26.3 Å². The molecule has 2 heterocycles. The van der Waals surface area contributed by atoms with E-state index in [-0.39, 0.29) is 44.8 Å². The van der Waals surface area contributed by atoms with Crippen molar-refractivity contribution < 1.29 is 41.4 Å². The van der Waals surface area contributed by atoms with E-state index in [2.05, 4.69) is 15.1 Å². The van der Waals surface area contributed by atoms with Crippen molar-refractivity contribution in [1.29, 1.82) is 0 Å². The number of hydrazone groups is 1. The monoisotopic (exact) mass is 800 g/mol. The van der Waals surface area contributed by atoms with Crippen molar-refractivity contribution >= 4 is 33.3 Å². The molecular formula is C46H30F6N4O3. The van der Waals surface area contributed by atoms with Gasteiger partial charge in [-0.25, -0.2) is 0 Å². The summed E-state index contributed by atoms with van der Waals surface area (Å²) in [6.07, 6.45) is -6.67. The molecule has 0 saturated heterocycles. The largest absolute Gasteiger partial charge is 0.507 e. The molecule has 59 heavy (non-hydrogen) atoms. The standard InChI is InChI=1S/C23H16F3N3O.C23H14F3NO2/c24-23(25,26)18-11-6-10-16-20(14-7-2-1-3-8-14)17(13-28-22(16)18)21(29-27)15-9-4-5-12-19(15)30;24-23(25,26)18-11-6-10-16-20(14-7-2-1-3-8-14)17(13-27-21(16)18)22(29)15-9-4-5-12-19(15)28/h1-13,30H,27H2;1-13,28H. The number of alkyl halides is 6. The quantitative estimate of drug-likeness (QED) is 0.0506. The zero-order valence-corrected chi connectivity index (χ0v) is 30.5. The molecule has 0 bridgehead atoms. The number of hydrogen-bond donors (Lipinski definition) is 3. The first-order chi connectivity index (χ1) is 28.3. The predicted molar refractivity (Wildman–Crippen MR) is 214 cm³/mol. The number of hydrogen-bond acceptors (Lipinski definition) is 7. The highest BCUT2D eigenvalue weighted by molar-refractivity contribution is 6.20. The molecule has 7 nitrogen and oxygen atoms in total. The van der Waals surface area contributed by atoms with E-state index >= 15 is 0 Å². The molecule has 8 rings (SSSR count). The second kappa shape index (κ2) is 16.1. The summed E-state index contributed by atoms with van der Waals surface area (Å²) < 4.78 is 81.2. The Balaban J connectivity index is 0.000000179. The summed E-state index contributed by atoms with van der Waals surface area (Å²) in [5.41, 5.74) is 1.17. The average Bonchev–Trinajstić information content (AvgIpc) is 3.23. The number of pyridine rings is 2. The van der Waals surface area contributed by atoms with Crippen LogP contribution in [0.5, 0.6) is 11.5 Å². The van der Waals surface area contributed by atoms with Crippen LogP contribution in [0.25, 0.3) is 44.1 Å². The first kappa shape index (κ1) is 39.7. The minimum absolute atomic E-state index is 0.0511. The summed E-state index contributed by atoms with van der Waals surface area (Å²) in [6.45, 7) is 0. The molecule has 0 aliphatic rings. The van der Waals surface area contributed by atoms with Crippen LogP contribution < -0.4 is 5.84 Å². The summed E-state index contributed by atoms with van der Waals surface area (Å²) in [6, 6.07) is 37.9. The number of halogens is 6. The zero-order valence-electron chi connectivity index (χ0n) is 30.5. The lowest BCUT2D eigenvalue weighted by molar-refractivity contribution is -0.137. The smallest absolute Gasteiger partial charge is 0.418 e. The lowest BCUT2D eigenvalue weighted by Gasteiger charge is -2.17. The minimum Gasteiger partial charge on any atom is -0.507 e. The van der Waals surface area contributed by atoms with Gasteiger partial charge in [0.2, 0.25) is 0 Å². The van der Waals surface area contributed by atoms with E-state index in [0.29, 0.717) is 38.8 Å².